The average Bonchev–Trinajstić information content (AvgIpc) is 3.61. The van der Waals surface area contributed by atoms with Gasteiger partial charge in [0.15, 0.2) is 16.5 Å². The predicted molar refractivity (Wildman–Crippen MR) is 151 cm³/mol. The number of benzene rings is 2. The molecule has 0 saturated heterocycles. The highest BCUT2D eigenvalue weighted by Crippen LogP contribution is 2.50. The maximum absolute atomic E-state index is 6.19. The van der Waals surface area contributed by atoms with Crippen molar-refractivity contribution in [1.29, 1.82) is 0 Å². The first-order valence-corrected chi connectivity index (χ1v) is 15.1. The minimum absolute atomic E-state index is 0.0918. The molecule has 7 nitrogen and oxygen atoms in total. The molecule has 2 aromatic carbocycles. The Balaban J connectivity index is 1.28. The number of ether oxygens (including phenoxy) is 1. The molecule has 2 aromatic heterocycles. The summed E-state index contributed by atoms with van der Waals surface area (Å²) in [7, 11) is 0. The number of hydrazone groups is 1. The van der Waals surface area contributed by atoms with Crippen LogP contribution in [-0.4, -0.2) is 25.5 Å². The van der Waals surface area contributed by atoms with Crippen LogP contribution in [0.3, 0.4) is 0 Å². The Morgan fingerprint density at radius 3 is 2.43 bits per heavy atom. The van der Waals surface area contributed by atoms with Gasteiger partial charge >= 0.3 is 0 Å². The van der Waals surface area contributed by atoms with E-state index in [0.29, 0.717) is 6.61 Å². The fraction of sp³-hybridized carbons (Fsp3) is 0.296. The van der Waals surface area contributed by atoms with Gasteiger partial charge in [0.05, 0.1) is 12.2 Å². The van der Waals surface area contributed by atoms with E-state index < -0.39 is 0 Å². The molecule has 37 heavy (non-hydrogen) atoms. The van der Waals surface area contributed by atoms with E-state index in [1.54, 1.807) is 34.9 Å². The molecule has 3 aliphatic rings. The Labute approximate surface area is 228 Å². The summed E-state index contributed by atoms with van der Waals surface area (Å²) in [6.07, 6.45) is 0.780. The molecule has 1 N–H and O–H groups in total. The van der Waals surface area contributed by atoms with Crippen LogP contribution in [0.25, 0.3) is 5.00 Å². The van der Waals surface area contributed by atoms with Gasteiger partial charge in [0, 0.05) is 28.4 Å². The van der Waals surface area contributed by atoms with Crippen LogP contribution >= 0.6 is 34.9 Å². The van der Waals surface area contributed by atoms with Crippen molar-refractivity contribution in [2.75, 3.05) is 4.90 Å². The van der Waals surface area contributed by atoms with Gasteiger partial charge in [0.1, 0.15) is 5.00 Å². The lowest BCUT2D eigenvalue weighted by molar-refractivity contribution is -0.0385. The lowest BCUT2D eigenvalue weighted by Crippen LogP contribution is -2.39. The van der Waals surface area contributed by atoms with E-state index in [1.807, 2.05) is 12.1 Å². The van der Waals surface area contributed by atoms with Gasteiger partial charge in [-0.05, 0) is 30.5 Å². The number of thiophene rings is 1. The van der Waals surface area contributed by atoms with E-state index in [-0.39, 0.29) is 11.8 Å². The Morgan fingerprint density at radius 2 is 1.70 bits per heavy atom. The third kappa shape index (κ3) is 4.16. The van der Waals surface area contributed by atoms with Crippen LogP contribution < -0.4 is 10.3 Å². The summed E-state index contributed by atoms with van der Waals surface area (Å²) in [5, 5.41) is 17.2. The number of thioether (sulfide) groups is 2. The standard InChI is InChI=1S/C27H26N6OS3/c1-27(2)13-19-20(14-34-27)37-23-21(19)22-28-30-25(35-15-17-9-5-3-6-10-17)32(22)24-29-31-26(33(23)24)36-16-18-11-7-4-8-12-18/h3-12,22,28H,13-16H2,1-2H3. The second-order valence-corrected chi connectivity index (χ2v) is 12.9. The first-order valence-electron chi connectivity index (χ1n) is 12.3. The SMILES string of the molecule is CC1(C)Cc2c(sc3c2C2NN=C(SCc4ccccc4)N2c2nnc(SCc4ccccc4)n2-3)CO1. The van der Waals surface area contributed by atoms with Gasteiger partial charge in [-0.25, -0.2) is 4.57 Å². The molecule has 4 aromatic rings. The van der Waals surface area contributed by atoms with Crippen molar-refractivity contribution >= 4 is 46.0 Å². The molecule has 0 saturated carbocycles. The minimum Gasteiger partial charge on any atom is -0.370 e. The lowest BCUT2D eigenvalue weighted by Gasteiger charge is -2.34. The molecule has 5 heterocycles. The fourth-order valence-corrected chi connectivity index (χ4v) is 8.12. The quantitative estimate of drug-likeness (QED) is 0.304. The molecule has 0 bridgehead atoms. The Bertz CT molecular complexity index is 1480. The number of rotatable bonds is 5. The maximum Gasteiger partial charge on any atom is 0.241 e. The summed E-state index contributed by atoms with van der Waals surface area (Å²) >= 11 is 5.25. The van der Waals surface area contributed by atoms with Crippen molar-refractivity contribution < 1.29 is 4.74 Å². The maximum atomic E-state index is 6.19. The highest BCUT2D eigenvalue weighted by molar-refractivity contribution is 8.13. The second kappa shape index (κ2) is 9.20. The van der Waals surface area contributed by atoms with E-state index in [0.717, 1.165) is 34.2 Å². The van der Waals surface area contributed by atoms with E-state index in [4.69, 9.17) is 14.9 Å². The molecule has 188 valence electrons. The Morgan fingerprint density at radius 1 is 1.00 bits per heavy atom. The van der Waals surface area contributed by atoms with Crippen molar-refractivity contribution in [1.82, 2.24) is 20.2 Å². The third-order valence-electron chi connectivity index (χ3n) is 6.79. The molecule has 10 heteroatoms. The van der Waals surface area contributed by atoms with Gasteiger partial charge in [0.25, 0.3) is 0 Å². The van der Waals surface area contributed by atoms with Crippen LogP contribution in [0, 0.1) is 0 Å². The zero-order valence-electron chi connectivity index (χ0n) is 20.5. The summed E-state index contributed by atoms with van der Waals surface area (Å²) in [5.41, 5.74) is 8.44. The number of nitrogens with one attached hydrogen (secondary N) is 1. The first kappa shape index (κ1) is 23.3. The summed E-state index contributed by atoms with van der Waals surface area (Å²) in [6.45, 7) is 4.98. The number of anilines is 1. The molecule has 0 radical (unpaired) electrons. The van der Waals surface area contributed by atoms with Crippen molar-refractivity contribution in [3.8, 4) is 5.00 Å². The zero-order valence-corrected chi connectivity index (χ0v) is 23.0. The predicted octanol–water partition coefficient (Wildman–Crippen LogP) is 6.10. The summed E-state index contributed by atoms with van der Waals surface area (Å²) < 4.78 is 8.43. The van der Waals surface area contributed by atoms with Gasteiger partial charge in [-0.1, -0.05) is 84.2 Å². The third-order valence-corrected chi connectivity index (χ3v) is 10.0. The number of nitrogens with zero attached hydrogens (tertiary/aromatic N) is 5. The molecular weight excluding hydrogens is 521 g/mol. The topological polar surface area (TPSA) is 67.6 Å². The summed E-state index contributed by atoms with van der Waals surface area (Å²) in [6, 6.07) is 21.0. The van der Waals surface area contributed by atoms with Gasteiger partial charge in [-0.3, -0.25) is 10.3 Å². The van der Waals surface area contributed by atoms with E-state index >= 15 is 0 Å². The zero-order chi connectivity index (χ0) is 25.0. The van der Waals surface area contributed by atoms with E-state index in [2.05, 4.69) is 82.4 Å². The summed E-state index contributed by atoms with van der Waals surface area (Å²) in [4.78, 5) is 3.52. The van der Waals surface area contributed by atoms with Gasteiger partial charge < -0.3 is 4.74 Å². The van der Waals surface area contributed by atoms with E-state index in [9.17, 15) is 0 Å². The average molecular weight is 547 g/mol. The number of aromatic nitrogens is 3. The van der Waals surface area contributed by atoms with Gasteiger partial charge in [-0.2, -0.15) is 5.10 Å². The normalized spacial score (nSPS) is 18.9. The fourth-order valence-electron chi connectivity index (χ4n) is 4.98. The molecule has 0 amide bonds. The van der Waals surface area contributed by atoms with Crippen LogP contribution in [-0.2, 0) is 29.3 Å². The van der Waals surface area contributed by atoms with Gasteiger partial charge in [0.2, 0.25) is 5.95 Å². The Hall–Kier alpha value is -2.79. The van der Waals surface area contributed by atoms with Crippen LogP contribution in [0.4, 0.5) is 5.95 Å². The number of fused-ring (bicyclic) bond motifs is 8. The number of hydrogen-bond acceptors (Lipinski definition) is 9. The highest BCUT2D eigenvalue weighted by atomic mass is 32.2. The van der Waals surface area contributed by atoms with Crippen LogP contribution in [0.1, 0.15) is 47.1 Å². The second-order valence-electron chi connectivity index (χ2n) is 9.91. The molecule has 7 rings (SSSR count). The van der Waals surface area contributed by atoms with Crippen molar-refractivity contribution in [3.63, 3.8) is 0 Å². The first-order chi connectivity index (χ1) is 18.1. The van der Waals surface area contributed by atoms with E-state index in [1.165, 1.54) is 32.1 Å². The van der Waals surface area contributed by atoms with Crippen LogP contribution in [0.15, 0.2) is 70.9 Å². The van der Waals surface area contributed by atoms with Crippen LogP contribution in [0.5, 0.6) is 0 Å². The van der Waals surface area contributed by atoms with Crippen molar-refractivity contribution in [2.45, 2.75) is 55.3 Å². The molecule has 3 aliphatic heterocycles. The van der Waals surface area contributed by atoms with Gasteiger partial charge in [-0.15, -0.1) is 21.5 Å². The highest BCUT2D eigenvalue weighted by Gasteiger charge is 2.45. The molecule has 1 unspecified atom stereocenters. The van der Waals surface area contributed by atoms with Crippen molar-refractivity contribution in [3.05, 3.63) is 87.8 Å². The molecule has 0 spiro atoms. The number of amidine groups is 1. The minimum atomic E-state index is -0.199. The largest absolute Gasteiger partial charge is 0.370 e. The molecule has 1 atom stereocenters. The molecule has 0 fully saturated rings. The molecular formula is C27H26N6OS3. The number of hydrogen-bond donors (Lipinski definition) is 1. The Kier molecular flexibility index (Phi) is 5.80. The smallest absolute Gasteiger partial charge is 0.241 e. The lowest BCUT2D eigenvalue weighted by atomic mass is 9.91. The molecule has 0 aliphatic carbocycles. The monoisotopic (exact) mass is 546 g/mol. The van der Waals surface area contributed by atoms with Crippen LogP contribution in [0.2, 0.25) is 0 Å². The summed E-state index contributed by atoms with van der Waals surface area (Å²) in [5.74, 6) is 2.49. The van der Waals surface area contributed by atoms with Crippen molar-refractivity contribution in [2.24, 2.45) is 5.10 Å².